The normalized spacial score (nSPS) is 21.9. The molecule has 1 aliphatic rings. The van der Waals surface area contributed by atoms with Crippen LogP contribution in [-0.4, -0.2) is 34.1 Å². The molecule has 1 saturated heterocycles. The van der Waals surface area contributed by atoms with E-state index in [2.05, 4.69) is 4.98 Å². The second kappa shape index (κ2) is 5.48. The molecule has 1 aliphatic heterocycles. The van der Waals surface area contributed by atoms with Gasteiger partial charge in [0, 0.05) is 12.7 Å². The summed E-state index contributed by atoms with van der Waals surface area (Å²) in [4.78, 5) is 29.3. The molecule has 1 unspecified atom stereocenters. The van der Waals surface area contributed by atoms with Gasteiger partial charge in [0.25, 0.3) is 5.91 Å². The standard InChI is InChI=1S/C14H19N3O3/c1-2-6-14(13(19)20)7-4-9-17(14)12-10(11(15)18)5-3-8-16-12/h3,5,8H,2,4,6-7,9H2,1H3,(H2,15,18)(H,19,20). The first-order chi connectivity index (χ1) is 9.53. The monoisotopic (exact) mass is 277 g/mol. The van der Waals surface area contributed by atoms with E-state index in [9.17, 15) is 14.7 Å². The highest BCUT2D eigenvalue weighted by molar-refractivity contribution is 5.99. The predicted molar refractivity (Wildman–Crippen MR) is 74.6 cm³/mol. The molecular formula is C14H19N3O3. The number of amides is 1. The Kier molecular flexibility index (Phi) is 3.92. The molecule has 2 rings (SSSR count). The van der Waals surface area contributed by atoms with Crippen molar-refractivity contribution in [1.82, 2.24) is 4.98 Å². The van der Waals surface area contributed by atoms with Crippen molar-refractivity contribution in [3.8, 4) is 0 Å². The Bertz CT molecular complexity index is 532. The van der Waals surface area contributed by atoms with E-state index in [1.54, 1.807) is 23.2 Å². The highest BCUT2D eigenvalue weighted by Gasteiger charge is 2.48. The molecule has 6 heteroatoms. The third-order valence-electron chi connectivity index (χ3n) is 3.86. The number of carbonyl (C=O) groups is 2. The van der Waals surface area contributed by atoms with E-state index in [-0.39, 0.29) is 5.56 Å². The van der Waals surface area contributed by atoms with Crippen LogP contribution in [0.25, 0.3) is 0 Å². The molecule has 2 heterocycles. The third kappa shape index (κ3) is 2.21. The van der Waals surface area contributed by atoms with Crippen LogP contribution in [0.5, 0.6) is 0 Å². The van der Waals surface area contributed by atoms with Gasteiger partial charge in [0.2, 0.25) is 0 Å². The first-order valence-corrected chi connectivity index (χ1v) is 6.79. The van der Waals surface area contributed by atoms with Gasteiger partial charge in [-0.15, -0.1) is 0 Å². The molecule has 1 amide bonds. The highest BCUT2D eigenvalue weighted by atomic mass is 16.4. The molecule has 0 bridgehead atoms. The lowest BCUT2D eigenvalue weighted by Gasteiger charge is -2.36. The lowest BCUT2D eigenvalue weighted by Crippen LogP contribution is -2.51. The zero-order chi connectivity index (χ0) is 14.8. The van der Waals surface area contributed by atoms with Crippen LogP contribution in [0.4, 0.5) is 5.82 Å². The van der Waals surface area contributed by atoms with Gasteiger partial charge < -0.3 is 15.7 Å². The first-order valence-electron chi connectivity index (χ1n) is 6.79. The summed E-state index contributed by atoms with van der Waals surface area (Å²) in [5.41, 5.74) is 4.66. The van der Waals surface area contributed by atoms with Crippen molar-refractivity contribution in [2.75, 3.05) is 11.4 Å². The number of hydrogen-bond donors (Lipinski definition) is 2. The Labute approximate surface area is 117 Å². The zero-order valence-electron chi connectivity index (χ0n) is 11.5. The van der Waals surface area contributed by atoms with Crippen molar-refractivity contribution >= 4 is 17.7 Å². The van der Waals surface area contributed by atoms with Gasteiger partial charge >= 0.3 is 5.97 Å². The lowest BCUT2D eigenvalue weighted by atomic mass is 9.90. The molecule has 1 aromatic rings. The Balaban J connectivity index is 2.50. The fraction of sp³-hybridized carbons (Fsp3) is 0.500. The summed E-state index contributed by atoms with van der Waals surface area (Å²) < 4.78 is 0. The molecule has 108 valence electrons. The van der Waals surface area contributed by atoms with Crippen LogP contribution < -0.4 is 10.6 Å². The van der Waals surface area contributed by atoms with Crippen molar-refractivity contribution in [3.63, 3.8) is 0 Å². The van der Waals surface area contributed by atoms with Gasteiger partial charge in [0.05, 0.1) is 5.56 Å². The molecule has 1 fully saturated rings. The van der Waals surface area contributed by atoms with E-state index < -0.39 is 17.4 Å². The van der Waals surface area contributed by atoms with Crippen LogP contribution in [-0.2, 0) is 4.79 Å². The number of carbonyl (C=O) groups excluding carboxylic acids is 1. The topological polar surface area (TPSA) is 96.5 Å². The molecule has 0 saturated carbocycles. The van der Waals surface area contributed by atoms with E-state index in [4.69, 9.17) is 5.73 Å². The Morgan fingerprint density at radius 2 is 2.30 bits per heavy atom. The summed E-state index contributed by atoms with van der Waals surface area (Å²) in [5.74, 6) is -1.07. The van der Waals surface area contributed by atoms with Crippen LogP contribution in [0.1, 0.15) is 43.0 Å². The van der Waals surface area contributed by atoms with Gasteiger partial charge in [-0.2, -0.15) is 0 Å². The number of aliphatic carboxylic acids is 1. The van der Waals surface area contributed by atoms with Gasteiger partial charge in [-0.1, -0.05) is 13.3 Å². The number of anilines is 1. The van der Waals surface area contributed by atoms with E-state index in [0.717, 1.165) is 12.8 Å². The number of nitrogens with two attached hydrogens (primary N) is 1. The van der Waals surface area contributed by atoms with Crippen molar-refractivity contribution < 1.29 is 14.7 Å². The van der Waals surface area contributed by atoms with Crippen LogP contribution in [0.15, 0.2) is 18.3 Å². The SMILES string of the molecule is CCCC1(C(=O)O)CCCN1c1ncccc1C(N)=O. The highest BCUT2D eigenvalue weighted by Crippen LogP contribution is 2.38. The summed E-state index contributed by atoms with van der Waals surface area (Å²) in [7, 11) is 0. The third-order valence-corrected chi connectivity index (χ3v) is 3.86. The van der Waals surface area contributed by atoms with Crippen LogP contribution in [0.2, 0.25) is 0 Å². The summed E-state index contributed by atoms with van der Waals surface area (Å²) in [5, 5.41) is 9.67. The minimum Gasteiger partial charge on any atom is -0.479 e. The minimum absolute atomic E-state index is 0.274. The summed E-state index contributed by atoms with van der Waals surface area (Å²) >= 11 is 0. The number of rotatable bonds is 5. The maximum Gasteiger partial charge on any atom is 0.329 e. The summed E-state index contributed by atoms with van der Waals surface area (Å²) in [6.45, 7) is 2.53. The molecule has 6 nitrogen and oxygen atoms in total. The fourth-order valence-electron chi connectivity index (χ4n) is 2.99. The van der Waals surface area contributed by atoms with E-state index >= 15 is 0 Å². The van der Waals surface area contributed by atoms with Crippen molar-refractivity contribution in [2.24, 2.45) is 5.73 Å². The molecule has 0 aromatic carbocycles. The smallest absolute Gasteiger partial charge is 0.329 e. The van der Waals surface area contributed by atoms with Gasteiger partial charge in [-0.25, -0.2) is 9.78 Å². The zero-order valence-corrected chi connectivity index (χ0v) is 11.5. The number of primary amides is 1. The Hall–Kier alpha value is -2.11. The average Bonchev–Trinajstić information content (AvgIpc) is 2.84. The second-order valence-electron chi connectivity index (χ2n) is 5.08. The van der Waals surface area contributed by atoms with Crippen molar-refractivity contribution in [2.45, 2.75) is 38.1 Å². The number of nitrogens with zero attached hydrogens (tertiary/aromatic N) is 2. The second-order valence-corrected chi connectivity index (χ2v) is 5.08. The lowest BCUT2D eigenvalue weighted by molar-refractivity contribution is -0.143. The van der Waals surface area contributed by atoms with Gasteiger partial charge in [-0.3, -0.25) is 4.79 Å². The van der Waals surface area contributed by atoms with Crippen LogP contribution in [0, 0.1) is 0 Å². The summed E-state index contributed by atoms with van der Waals surface area (Å²) in [6, 6.07) is 3.21. The molecule has 0 spiro atoms. The number of carboxylic acid groups (broad SMARTS) is 1. The quantitative estimate of drug-likeness (QED) is 0.848. The van der Waals surface area contributed by atoms with Crippen molar-refractivity contribution in [1.29, 1.82) is 0 Å². The number of carboxylic acids is 1. The van der Waals surface area contributed by atoms with Crippen molar-refractivity contribution in [3.05, 3.63) is 23.9 Å². The maximum absolute atomic E-state index is 11.8. The molecule has 0 radical (unpaired) electrons. The Morgan fingerprint density at radius 3 is 2.90 bits per heavy atom. The van der Waals surface area contributed by atoms with Gasteiger partial charge in [0.1, 0.15) is 11.4 Å². The Morgan fingerprint density at radius 1 is 1.55 bits per heavy atom. The van der Waals surface area contributed by atoms with Gasteiger partial charge in [0.15, 0.2) is 0 Å². The number of hydrogen-bond acceptors (Lipinski definition) is 4. The fourth-order valence-corrected chi connectivity index (χ4v) is 2.99. The molecule has 3 N–H and O–H groups in total. The minimum atomic E-state index is -0.979. The molecule has 0 aliphatic carbocycles. The van der Waals surface area contributed by atoms with Crippen LogP contribution in [0.3, 0.4) is 0 Å². The molecule has 1 aromatic heterocycles. The predicted octanol–water partition coefficient (Wildman–Crippen LogP) is 1.40. The number of pyridine rings is 1. The summed E-state index contributed by atoms with van der Waals surface area (Å²) in [6.07, 6.45) is 4.16. The maximum atomic E-state index is 11.8. The number of aromatic nitrogens is 1. The van der Waals surface area contributed by atoms with E-state index in [0.29, 0.717) is 25.2 Å². The molecular weight excluding hydrogens is 258 g/mol. The van der Waals surface area contributed by atoms with Crippen LogP contribution >= 0.6 is 0 Å². The molecule has 20 heavy (non-hydrogen) atoms. The van der Waals surface area contributed by atoms with E-state index in [1.807, 2.05) is 6.92 Å². The van der Waals surface area contributed by atoms with Gasteiger partial charge in [-0.05, 0) is 31.4 Å². The first kappa shape index (κ1) is 14.3. The molecule has 1 atom stereocenters. The average molecular weight is 277 g/mol. The van der Waals surface area contributed by atoms with E-state index in [1.165, 1.54) is 0 Å². The largest absolute Gasteiger partial charge is 0.479 e.